The highest BCUT2D eigenvalue weighted by Gasteiger charge is 1.99. The highest BCUT2D eigenvalue weighted by molar-refractivity contribution is 5.72. The summed E-state index contributed by atoms with van der Waals surface area (Å²) in [6.07, 6.45) is 6.15. The molecule has 0 aliphatic carbocycles. The average Bonchev–Trinajstić information content (AvgIpc) is 2.41. The van der Waals surface area contributed by atoms with Crippen molar-refractivity contribution in [3.8, 4) is 5.75 Å². The zero-order valence-corrected chi connectivity index (χ0v) is 10.6. The van der Waals surface area contributed by atoms with Gasteiger partial charge in [0.2, 0.25) is 0 Å². The van der Waals surface area contributed by atoms with Crippen molar-refractivity contribution >= 4 is 12.2 Å². The Balaban J connectivity index is 2.22. The van der Waals surface area contributed by atoms with Crippen LogP contribution in [-0.2, 0) is 6.42 Å². The minimum absolute atomic E-state index is 0.335. The normalized spacial score (nSPS) is 10.9. The predicted molar refractivity (Wildman–Crippen MR) is 77.5 cm³/mol. The first-order chi connectivity index (χ1) is 8.79. The molecule has 0 bridgehead atoms. The van der Waals surface area contributed by atoms with Gasteiger partial charge in [-0.2, -0.15) is 0 Å². The summed E-state index contributed by atoms with van der Waals surface area (Å²) in [5.74, 6) is 0.335. The summed E-state index contributed by atoms with van der Waals surface area (Å²) in [5.41, 5.74) is 3.28. The third-order valence-electron chi connectivity index (χ3n) is 2.89. The van der Waals surface area contributed by atoms with Crippen LogP contribution < -0.4 is 0 Å². The van der Waals surface area contributed by atoms with Crippen molar-refractivity contribution in [2.75, 3.05) is 0 Å². The molecule has 0 saturated carbocycles. The van der Waals surface area contributed by atoms with E-state index in [0.29, 0.717) is 5.75 Å². The lowest BCUT2D eigenvalue weighted by molar-refractivity contribution is 0.474. The van der Waals surface area contributed by atoms with E-state index < -0.39 is 0 Å². The van der Waals surface area contributed by atoms with Crippen LogP contribution >= 0.6 is 0 Å². The van der Waals surface area contributed by atoms with Gasteiger partial charge in [0.1, 0.15) is 5.75 Å². The van der Waals surface area contributed by atoms with Gasteiger partial charge in [-0.3, -0.25) is 0 Å². The van der Waals surface area contributed by atoms with Crippen molar-refractivity contribution in [2.45, 2.75) is 19.8 Å². The van der Waals surface area contributed by atoms with Crippen molar-refractivity contribution < 1.29 is 5.11 Å². The molecule has 0 atom stereocenters. The number of hydrogen-bond donors (Lipinski definition) is 1. The second kappa shape index (κ2) is 6.06. The van der Waals surface area contributed by atoms with Gasteiger partial charge in [0.05, 0.1) is 0 Å². The maximum absolute atomic E-state index is 9.83. The summed E-state index contributed by atoms with van der Waals surface area (Å²) in [5, 5.41) is 9.83. The van der Waals surface area contributed by atoms with Crippen LogP contribution in [0.2, 0.25) is 0 Å². The Morgan fingerprint density at radius 3 is 2.50 bits per heavy atom. The monoisotopic (exact) mass is 238 g/mol. The van der Waals surface area contributed by atoms with Crippen LogP contribution in [0.3, 0.4) is 0 Å². The van der Waals surface area contributed by atoms with E-state index in [4.69, 9.17) is 0 Å². The fourth-order valence-corrected chi connectivity index (χ4v) is 1.93. The third kappa shape index (κ3) is 3.24. The van der Waals surface area contributed by atoms with Crippen molar-refractivity contribution in [1.82, 2.24) is 0 Å². The molecule has 0 aromatic heterocycles. The summed E-state index contributed by atoms with van der Waals surface area (Å²) in [4.78, 5) is 0. The van der Waals surface area contributed by atoms with Crippen LogP contribution in [0.25, 0.3) is 12.2 Å². The van der Waals surface area contributed by atoms with Gasteiger partial charge < -0.3 is 5.11 Å². The smallest absolute Gasteiger partial charge is 0.122 e. The summed E-state index contributed by atoms with van der Waals surface area (Å²) in [6.45, 7) is 2.16. The number of phenolic OH excluding ortho intramolecular Hbond substituents is 1. The molecule has 2 aromatic carbocycles. The molecule has 2 rings (SSSR count). The van der Waals surface area contributed by atoms with Gasteiger partial charge >= 0.3 is 0 Å². The molecule has 0 amide bonds. The summed E-state index contributed by atoms with van der Waals surface area (Å²) >= 11 is 0. The molecular weight excluding hydrogens is 220 g/mol. The molecule has 18 heavy (non-hydrogen) atoms. The molecule has 2 aromatic rings. The van der Waals surface area contributed by atoms with Crippen LogP contribution in [0.15, 0.2) is 48.5 Å². The Kier molecular flexibility index (Phi) is 4.19. The molecule has 0 unspecified atom stereocenters. The molecule has 0 aliphatic heterocycles. The zero-order valence-electron chi connectivity index (χ0n) is 10.6. The van der Waals surface area contributed by atoms with E-state index in [9.17, 15) is 5.11 Å². The van der Waals surface area contributed by atoms with Gasteiger partial charge in [0.15, 0.2) is 0 Å². The summed E-state index contributed by atoms with van der Waals surface area (Å²) < 4.78 is 0. The molecular formula is C17H18O. The molecule has 0 fully saturated rings. The van der Waals surface area contributed by atoms with E-state index in [1.807, 2.05) is 48.6 Å². The SMILES string of the molecule is CCCc1ccc(O)c(C=Cc2ccccc2)c1. The first kappa shape index (κ1) is 12.4. The standard InChI is InChI=1S/C17H18O/c1-2-6-15-10-12-17(18)16(13-15)11-9-14-7-4-3-5-8-14/h3-5,7-13,18H,2,6H2,1H3. The van der Waals surface area contributed by atoms with Crippen molar-refractivity contribution in [3.63, 3.8) is 0 Å². The molecule has 0 spiro atoms. The quantitative estimate of drug-likeness (QED) is 0.777. The topological polar surface area (TPSA) is 20.2 Å². The van der Waals surface area contributed by atoms with Crippen LogP contribution in [0.4, 0.5) is 0 Å². The number of aryl methyl sites for hydroxylation is 1. The first-order valence-corrected chi connectivity index (χ1v) is 6.34. The number of phenols is 1. The Bertz CT molecular complexity index is 527. The van der Waals surface area contributed by atoms with Crippen LogP contribution in [0, 0.1) is 0 Å². The van der Waals surface area contributed by atoms with Crippen LogP contribution in [0.5, 0.6) is 5.75 Å². The lowest BCUT2D eigenvalue weighted by Crippen LogP contribution is -1.84. The van der Waals surface area contributed by atoms with E-state index in [2.05, 4.69) is 13.0 Å². The highest BCUT2D eigenvalue weighted by atomic mass is 16.3. The van der Waals surface area contributed by atoms with E-state index in [0.717, 1.165) is 24.0 Å². The zero-order chi connectivity index (χ0) is 12.8. The summed E-state index contributed by atoms with van der Waals surface area (Å²) in [7, 11) is 0. The van der Waals surface area contributed by atoms with Crippen molar-refractivity contribution in [2.24, 2.45) is 0 Å². The molecule has 0 saturated heterocycles. The lowest BCUT2D eigenvalue weighted by Gasteiger charge is -2.03. The highest BCUT2D eigenvalue weighted by Crippen LogP contribution is 2.21. The van der Waals surface area contributed by atoms with Gasteiger partial charge in [-0.15, -0.1) is 0 Å². The van der Waals surface area contributed by atoms with Gasteiger partial charge in [-0.25, -0.2) is 0 Å². The third-order valence-corrected chi connectivity index (χ3v) is 2.89. The van der Waals surface area contributed by atoms with E-state index in [1.165, 1.54) is 5.56 Å². The van der Waals surface area contributed by atoms with E-state index >= 15 is 0 Å². The Labute approximate surface area is 108 Å². The number of aromatic hydroxyl groups is 1. The van der Waals surface area contributed by atoms with Crippen LogP contribution in [0.1, 0.15) is 30.0 Å². The lowest BCUT2D eigenvalue weighted by atomic mass is 10.0. The first-order valence-electron chi connectivity index (χ1n) is 6.34. The predicted octanol–water partition coefficient (Wildman–Crippen LogP) is 4.52. The fourth-order valence-electron chi connectivity index (χ4n) is 1.93. The molecule has 1 nitrogen and oxygen atoms in total. The Hall–Kier alpha value is -2.02. The van der Waals surface area contributed by atoms with Crippen LogP contribution in [-0.4, -0.2) is 5.11 Å². The Morgan fingerprint density at radius 2 is 1.78 bits per heavy atom. The second-order valence-electron chi connectivity index (χ2n) is 4.39. The maximum atomic E-state index is 9.83. The molecule has 1 N–H and O–H groups in total. The molecule has 0 radical (unpaired) electrons. The number of rotatable bonds is 4. The van der Waals surface area contributed by atoms with Gasteiger partial charge in [0, 0.05) is 5.56 Å². The van der Waals surface area contributed by atoms with E-state index in [1.54, 1.807) is 6.07 Å². The molecule has 1 heteroatoms. The van der Waals surface area contributed by atoms with Crippen molar-refractivity contribution in [1.29, 1.82) is 0 Å². The molecule has 92 valence electrons. The van der Waals surface area contributed by atoms with Gasteiger partial charge in [0.25, 0.3) is 0 Å². The minimum Gasteiger partial charge on any atom is -0.507 e. The Morgan fingerprint density at radius 1 is 1.00 bits per heavy atom. The van der Waals surface area contributed by atoms with Crippen molar-refractivity contribution in [3.05, 3.63) is 65.2 Å². The molecule has 0 heterocycles. The van der Waals surface area contributed by atoms with Gasteiger partial charge in [-0.1, -0.05) is 61.9 Å². The maximum Gasteiger partial charge on any atom is 0.122 e. The summed E-state index contributed by atoms with van der Waals surface area (Å²) in [6, 6.07) is 15.9. The average molecular weight is 238 g/mol. The largest absolute Gasteiger partial charge is 0.507 e. The number of hydrogen-bond acceptors (Lipinski definition) is 1. The fraction of sp³-hybridized carbons (Fsp3) is 0.176. The number of benzene rings is 2. The minimum atomic E-state index is 0.335. The molecule has 0 aliphatic rings. The second-order valence-corrected chi connectivity index (χ2v) is 4.39. The van der Waals surface area contributed by atoms with Gasteiger partial charge in [-0.05, 0) is 29.7 Å². The van der Waals surface area contributed by atoms with E-state index in [-0.39, 0.29) is 0 Å².